The number of fused-ring (bicyclic) bond motifs is 1. The molecule has 0 spiro atoms. The van der Waals surface area contributed by atoms with Crippen molar-refractivity contribution >= 4 is 6.21 Å². The molecule has 3 rings (SSSR count). The van der Waals surface area contributed by atoms with Crippen molar-refractivity contribution in [3.05, 3.63) is 47.0 Å². The van der Waals surface area contributed by atoms with Gasteiger partial charge in [0, 0.05) is 18.4 Å². The fourth-order valence-electron chi connectivity index (χ4n) is 3.20. The van der Waals surface area contributed by atoms with E-state index < -0.39 is 0 Å². The SMILES string of the molecule is COc1ccc(CC2Cc3cc(OC)c(OC)cc3C=[NH+]2)cc1OC.[Br-]. The Morgan fingerprint density at radius 3 is 2.12 bits per heavy atom. The number of hydrogen-bond donors (Lipinski definition) is 1. The van der Waals surface area contributed by atoms with Crippen LogP contribution in [0.1, 0.15) is 16.7 Å². The molecular formula is C20H24BrNO4. The van der Waals surface area contributed by atoms with E-state index in [0.29, 0.717) is 6.04 Å². The quantitative estimate of drug-likeness (QED) is 0.609. The molecule has 1 aliphatic heterocycles. The van der Waals surface area contributed by atoms with Gasteiger partial charge in [0.2, 0.25) is 0 Å². The van der Waals surface area contributed by atoms with E-state index >= 15 is 0 Å². The van der Waals surface area contributed by atoms with E-state index in [9.17, 15) is 0 Å². The first kappa shape index (κ1) is 20.1. The van der Waals surface area contributed by atoms with Crippen LogP contribution in [0.5, 0.6) is 23.0 Å². The predicted molar refractivity (Wildman–Crippen MR) is 96.4 cm³/mol. The van der Waals surface area contributed by atoms with Gasteiger partial charge in [-0.3, -0.25) is 0 Å². The Hall–Kier alpha value is -2.21. The summed E-state index contributed by atoms with van der Waals surface area (Å²) in [5.41, 5.74) is 3.59. The molecule has 1 atom stereocenters. The average Bonchev–Trinajstić information content (AvgIpc) is 2.66. The van der Waals surface area contributed by atoms with Gasteiger partial charge in [-0.2, -0.15) is 0 Å². The minimum Gasteiger partial charge on any atom is -1.00 e. The lowest BCUT2D eigenvalue weighted by Gasteiger charge is -2.17. The molecule has 2 aromatic carbocycles. The molecule has 0 saturated carbocycles. The number of hydrogen-bond acceptors (Lipinski definition) is 4. The lowest BCUT2D eigenvalue weighted by molar-refractivity contribution is -0.499. The maximum Gasteiger partial charge on any atom is 0.169 e. The molecule has 0 aromatic heterocycles. The van der Waals surface area contributed by atoms with Crippen LogP contribution in [0.2, 0.25) is 0 Å². The van der Waals surface area contributed by atoms with Crippen LogP contribution in [-0.2, 0) is 12.8 Å². The lowest BCUT2D eigenvalue weighted by atomic mass is 9.93. The monoisotopic (exact) mass is 421 g/mol. The number of halogens is 1. The topological polar surface area (TPSA) is 50.9 Å². The van der Waals surface area contributed by atoms with Crippen LogP contribution < -0.4 is 40.9 Å². The molecule has 0 fully saturated rings. The van der Waals surface area contributed by atoms with E-state index in [0.717, 1.165) is 41.4 Å². The summed E-state index contributed by atoms with van der Waals surface area (Å²) in [6.07, 6.45) is 3.86. The van der Waals surface area contributed by atoms with Crippen molar-refractivity contribution < 1.29 is 40.9 Å². The van der Waals surface area contributed by atoms with Crippen molar-refractivity contribution in [1.82, 2.24) is 0 Å². The standard InChI is InChI=1S/C20H23NO4.BrH/c1-22-17-6-5-13(8-18(17)23-2)7-16-9-14-10-19(24-3)20(25-4)11-15(14)12-21-16;/h5-6,8,10-12,16H,7,9H2,1-4H3;1H. The van der Waals surface area contributed by atoms with Crippen LogP contribution in [0.15, 0.2) is 30.3 Å². The largest absolute Gasteiger partial charge is 1.00 e. The second kappa shape index (κ2) is 8.94. The maximum atomic E-state index is 5.42. The Kier molecular flexibility index (Phi) is 6.91. The van der Waals surface area contributed by atoms with Crippen LogP contribution in [-0.4, -0.2) is 40.7 Å². The lowest BCUT2D eigenvalue weighted by Crippen LogP contribution is -3.00. The molecule has 1 heterocycles. The van der Waals surface area contributed by atoms with Crippen LogP contribution >= 0.6 is 0 Å². The predicted octanol–water partition coefficient (Wildman–Crippen LogP) is -1.61. The fraction of sp³-hybridized carbons (Fsp3) is 0.350. The number of rotatable bonds is 6. The molecule has 0 radical (unpaired) electrons. The minimum atomic E-state index is 0. The van der Waals surface area contributed by atoms with Gasteiger partial charge >= 0.3 is 0 Å². The van der Waals surface area contributed by atoms with Crippen molar-refractivity contribution in [2.45, 2.75) is 18.9 Å². The minimum absolute atomic E-state index is 0. The summed E-state index contributed by atoms with van der Waals surface area (Å²) in [6.45, 7) is 0. The second-order valence-electron chi connectivity index (χ2n) is 6.01. The third kappa shape index (κ3) is 4.12. The first-order valence-electron chi connectivity index (χ1n) is 8.23. The molecule has 0 saturated heterocycles. The average molecular weight is 422 g/mol. The van der Waals surface area contributed by atoms with Gasteiger partial charge in [0.15, 0.2) is 35.3 Å². The zero-order valence-corrected chi connectivity index (χ0v) is 17.1. The highest BCUT2D eigenvalue weighted by Crippen LogP contribution is 2.31. The first-order chi connectivity index (χ1) is 12.2. The van der Waals surface area contributed by atoms with E-state index in [-0.39, 0.29) is 17.0 Å². The molecule has 0 bridgehead atoms. The molecule has 1 N–H and O–H groups in total. The summed E-state index contributed by atoms with van der Waals surface area (Å²) in [4.78, 5) is 3.49. The molecule has 26 heavy (non-hydrogen) atoms. The van der Waals surface area contributed by atoms with Gasteiger partial charge in [-0.25, -0.2) is 4.99 Å². The molecule has 0 amide bonds. The summed E-state index contributed by atoms with van der Waals surface area (Å²) in [5.74, 6) is 3.02. The summed E-state index contributed by atoms with van der Waals surface area (Å²) in [7, 11) is 6.62. The Balaban J connectivity index is 0.00000243. The molecule has 6 heteroatoms. The smallest absolute Gasteiger partial charge is 0.169 e. The summed E-state index contributed by atoms with van der Waals surface area (Å²) < 4.78 is 21.5. The van der Waals surface area contributed by atoms with E-state index in [2.05, 4.69) is 17.1 Å². The third-order valence-electron chi connectivity index (χ3n) is 4.52. The molecule has 0 aliphatic carbocycles. The first-order valence-corrected chi connectivity index (χ1v) is 8.23. The Labute approximate surface area is 164 Å². The van der Waals surface area contributed by atoms with Gasteiger partial charge in [0.1, 0.15) is 0 Å². The van der Waals surface area contributed by atoms with Crippen molar-refractivity contribution in [3.8, 4) is 23.0 Å². The summed E-state index contributed by atoms with van der Waals surface area (Å²) in [6, 6.07) is 10.4. The number of nitrogens with one attached hydrogen (secondary N) is 1. The highest BCUT2D eigenvalue weighted by molar-refractivity contribution is 5.80. The highest BCUT2D eigenvalue weighted by Gasteiger charge is 2.23. The molecule has 140 valence electrons. The molecule has 1 unspecified atom stereocenters. The summed E-state index contributed by atoms with van der Waals surface area (Å²) >= 11 is 0. The van der Waals surface area contributed by atoms with Crippen LogP contribution in [0.4, 0.5) is 0 Å². The van der Waals surface area contributed by atoms with E-state index in [4.69, 9.17) is 18.9 Å². The zero-order chi connectivity index (χ0) is 17.8. The Bertz CT molecular complexity index is 792. The molecule has 5 nitrogen and oxygen atoms in total. The Morgan fingerprint density at radius 1 is 0.846 bits per heavy atom. The van der Waals surface area contributed by atoms with Crippen molar-refractivity contribution in [3.63, 3.8) is 0 Å². The molecular weight excluding hydrogens is 398 g/mol. The molecule has 2 aromatic rings. The maximum absolute atomic E-state index is 5.42. The van der Waals surface area contributed by atoms with Gasteiger partial charge < -0.3 is 35.9 Å². The van der Waals surface area contributed by atoms with Gasteiger partial charge in [0.05, 0.1) is 28.4 Å². The normalized spacial score (nSPS) is 14.8. The fourth-order valence-corrected chi connectivity index (χ4v) is 3.20. The van der Waals surface area contributed by atoms with Gasteiger partial charge in [-0.1, -0.05) is 6.07 Å². The van der Waals surface area contributed by atoms with Crippen LogP contribution in [0.3, 0.4) is 0 Å². The third-order valence-corrected chi connectivity index (χ3v) is 4.52. The van der Waals surface area contributed by atoms with Crippen LogP contribution in [0.25, 0.3) is 0 Å². The number of ether oxygens (including phenoxy) is 4. The van der Waals surface area contributed by atoms with Crippen molar-refractivity contribution in [1.29, 1.82) is 0 Å². The Morgan fingerprint density at radius 2 is 1.46 bits per heavy atom. The van der Waals surface area contributed by atoms with E-state index in [1.807, 2.05) is 24.4 Å². The van der Waals surface area contributed by atoms with Crippen molar-refractivity contribution in [2.75, 3.05) is 28.4 Å². The van der Waals surface area contributed by atoms with Crippen molar-refractivity contribution in [2.24, 2.45) is 0 Å². The molecule has 1 aliphatic rings. The zero-order valence-electron chi connectivity index (χ0n) is 15.5. The summed E-state index contributed by atoms with van der Waals surface area (Å²) in [5, 5.41) is 0. The highest BCUT2D eigenvalue weighted by atomic mass is 79.9. The van der Waals surface area contributed by atoms with Gasteiger partial charge in [-0.05, 0) is 35.4 Å². The van der Waals surface area contributed by atoms with Gasteiger partial charge in [-0.15, -0.1) is 0 Å². The van der Waals surface area contributed by atoms with Gasteiger partial charge in [0.25, 0.3) is 0 Å². The second-order valence-corrected chi connectivity index (χ2v) is 6.01. The van der Waals surface area contributed by atoms with E-state index in [1.54, 1.807) is 28.4 Å². The van der Waals surface area contributed by atoms with E-state index in [1.165, 1.54) is 11.1 Å². The number of methoxy groups -OCH3 is 4. The number of benzene rings is 2. The van der Waals surface area contributed by atoms with Crippen LogP contribution in [0, 0.1) is 0 Å².